The third-order valence-corrected chi connectivity index (χ3v) is 10.1. The molecule has 1 saturated heterocycles. The van der Waals surface area contributed by atoms with Gasteiger partial charge in [-0.05, 0) is 92.1 Å². The molecule has 3 heterocycles. The van der Waals surface area contributed by atoms with Gasteiger partial charge in [0.15, 0.2) is 5.82 Å². The van der Waals surface area contributed by atoms with E-state index in [2.05, 4.69) is 20.2 Å². The maximum Gasteiger partial charge on any atom is 0.306 e. The SMILES string of the molecule is CC(C)[C@]1(F)CCc2nc3c(F)cc(C(=O)N[C@H](CCN4CCC(C(=O)O)CC4)c4ccc(-c5c[nH]c(=O)c(F)c5)cc4)cc3cc2C1. The summed E-state index contributed by atoms with van der Waals surface area (Å²) >= 11 is 0. The number of carbonyl (C=O) groups is 2. The van der Waals surface area contributed by atoms with Gasteiger partial charge in [-0.1, -0.05) is 38.1 Å². The number of rotatable bonds is 9. The van der Waals surface area contributed by atoms with Crippen LogP contribution in [0.25, 0.3) is 22.0 Å². The van der Waals surface area contributed by atoms with Gasteiger partial charge in [0.05, 0.1) is 12.0 Å². The maximum absolute atomic E-state index is 15.6. The highest BCUT2D eigenvalue weighted by Gasteiger charge is 2.38. The molecule has 2 aliphatic rings. The van der Waals surface area contributed by atoms with Gasteiger partial charge < -0.3 is 20.3 Å². The quantitative estimate of drug-likeness (QED) is 0.192. The molecular formula is C37H39F3N4O4. The van der Waals surface area contributed by atoms with Crippen molar-refractivity contribution in [3.8, 4) is 11.1 Å². The number of hydrogen-bond acceptors (Lipinski definition) is 5. The number of benzene rings is 2. The fraction of sp³-hybridized carbons (Fsp3) is 0.405. The van der Waals surface area contributed by atoms with Crippen molar-refractivity contribution in [3.05, 3.63) is 99.1 Å². The third-order valence-electron chi connectivity index (χ3n) is 10.1. The smallest absolute Gasteiger partial charge is 0.306 e. The molecule has 0 saturated carbocycles. The Kier molecular flexibility index (Phi) is 9.42. The van der Waals surface area contributed by atoms with Crippen molar-refractivity contribution >= 4 is 22.8 Å². The first-order chi connectivity index (χ1) is 22.9. The molecule has 0 spiro atoms. The van der Waals surface area contributed by atoms with Crippen LogP contribution in [0.3, 0.4) is 0 Å². The molecule has 2 atom stereocenters. The predicted molar refractivity (Wildman–Crippen MR) is 176 cm³/mol. The summed E-state index contributed by atoms with van der Waals surface area (Å²) in [5.74, 6) is -3.34. The normalized spacial score (nSPS) is 19.3. The number of piperidine rings is 1. The fourth-order valence-electron chi connectivity index (χ4n) is 6.86. The fourth-order valence-corrected chi connectivity index (χ4v) is 6.86. The lowest BCUT2D eigenvalue weighted by Crippen LogP contribution is -2.38. The van der Waals surface area contributed by atoms with E-state index >= 15 is 8.78 Å². The molecule has 2 aromatic heterocycles. The number of aliphatic carboxylic acids is 1. The molecule has 252 valence electrons. The molecule has 8 nitrogen and oxygen atoms in total. The van der Waals surface area contributed by atoms with Crippen molar-refractivity contribution in [2.24, 2.45) is 11.8 Å². The maximum atomic E-state index is 15.6. The van der Waals surface area contributed by atoms with Gasteiger partial charge in [-0.2, -0.15) is 0 Å². The van der Waals surface area contributed by atoms with Crippen LogP contribution in [0, 0.1) is 23.5 Å². The zero-order valence-electron chi connectivity index (χ0n) is 27.0. The summed E-state index contributed by atoms with van der Waals surface area (Å²) < 4.78 is 44.9. The van der Waals surface area contributed by atoms with E-state index in [9.17, 15) is 23.9 Å². The Hall–Kier alpha value is -4.51. The molecule has 6 rings (SSSR count). The van der Waals surface area contributed by atoms with Crippen molar-refractivity contribution in [2.45, 2.75) is 64.1 Å². The molecule has 1 fully saturated rings. The second-order valence-corrected chi connectivity index (χ2v) is 13.4. The Morgan fingerprint density at radius 2 is 1.79 bits per heavy atom. The molecule has 0 unspecified atom stereocenters. The second kappa shape index (κ2) is 13.5. The number of nitrogens with zero attached hydrogens (tertiary/aromatic N) is 2. The molecule has 0 radical (unpaired) electrons. The molecule has 0 bridgehead atoms. The number of halogens is 3. The molecule has 1 aliphatic heterocycles. The first-order valence-corrected chi connectivity index (χ1v) is 16.5. The van der Waals surface area contributed by atoms with Crippen molar-refractivity contribution in [1.82, 2.24) is 20.2 Å². The lowest BCUT2D eigenvalue weighted by molar-refractivity contribution is -0.143. The van der Waals surface area contributed by atoms with Gasteiger partial charge in [-0.3, -0.25) is 14.4 Å². The van der Waals surface area contributed by atoms with Gasteiger partial charge in [0.1, 0.15) is 17.0 Å². The van der Waals surface area contributed by atoms with Gasteiger partial charge in [0.25, 0.3) is 11.5 Å². The zero-order chi connectivity index (χ0) is 34.2. The van der Waals surface area contributed by atoms with Gasteiger partial charge in [0.2, 0.25) is 0 Å². The van der Waals surface area contributed by atoms with E-state index in [1.165, 1.54) is 12.3 Å². The highest BCUT2D eigenvalue weighted by Crippen LogP contribution is 2.38. The van der Waals surface area contributed by atoms with Gasteiger partial charge >= 0.3 is 5.97 Å². The lowest BCUT2D eigenvalue weighted by Gasteiger charge is -2.34. The van der Waals surface area contributed by atoms with E-state index in [0.29, 0.717) is 73.9 Å². The van der Waals surface area contributed by atoms with Gasteiger partial charge in [0, 0.05) is 41.4 Å². The number of nitrogens with one attached hydrogen (secondary N) is 2. The Bertz CT molecular complexity index is 1900. The molecule has 2 aromatic carbocycles. The number of hydrogen-bond donors (Lipinski definition) is 3. The van der Waals surface area contributed by atoms with Crippen molar-refractivity contribution < 1.29 is 27.9 Å². The van der Waals surface area contributed by atoms with Crippen LogP contribution in [-0.2, 0) is 17.6 Å². The number of fused-ring (bicyclic) bond motifs is 2. The number of pyridine rings is 2. The summed E-state index contributed by atoms with van der Waals surface area (Å²) in [5, 5.41) is 12.9. The summed E-state index contributed by atoms with van der Waals surface area (Å²) in [7, 11) is 0. The van der Waals surface area contributed by atoms with Crippen LogP contribution in [0.4, 0.5) is 13.2 Å². The average molecular weight is 661 g/mol. The minimum Gasteiger partial charge on any atom is -0.481 e. The van der Waals surface area contributed by atoms with Crippen LogP contribution in [0.15, 0.2) is 59.5 Å². The number of aryl methyl sites for hydroxylation is 1. The third kappa shape index (κ3) is 7.01. The first kappa shape index (κ1) is 33.4. The second-order valence-electron chi connectivity index (χ2n) is 13.4. The number of carboxylic acid groups (broad SMARTS) is 1. The largest absolute Gasteiger partial charge is 0.481 e. The first-order valence-electron chi connectivity index (χ1n) is 16.5. The molecule has 48 heavy (non-hydrogen) atoms. The monoisotopic (exact) mass is 660 g/mol. The summed E-state index contributed by atoms with van der Waals surface area (Å²) in [6.45, 7) is 5.55. The highest BCUT2D eigenvalue weighted by atomic mass is 19.1. The minimum atomic E-state index is -1.37. The summed E-state index contributed by atoms with van der Waals surface area (Å²) in [6, 6.07) is 12.4. The lowest BCUT2D eigenvalue weighted by atomic mass is 9.77. The molecule has 3 N–H and O–H groups in total. The Balaban J connectivity index is 1.25. The summed E-state index contributed by atoms with van der Waals surface area (Å²) in [5.41, 5.74) is 1.42. The number of aromatic amines is 1. The van der Waals surface area contributed by atoms with E-state index in [0.717, 1.165) is 17.2 Å². The number of carboxylic acids is 1. The summed E-state index contributed by atoms with van der Waals surface area (Å²) in [6.07, 6.45) is 3.96. The number of alkyl halides is 1. The molecule has 1 amide bonds. The number of carbonyl (C=O) groups excluding carboxylic acids is 1. The average Bonchev–Trinajstić information content (AvgIpc) is 3.07. The van der Waals surface area contributed by atoms with E-state index in [1.54, 1.807) is 24.3 Å². The van der Waals surface area contributed by atoms with Crippen LogP contribution in [-0.4, -0.2) is 57.2 Å². The number of likely N-dealkylation sites (tertiary alicyclic amines) is 1. The Morgan fingerprint density at radius 3 is 2.46 bits per heavy atom. The molecule has 4 aromatic rings. The van der Waals surface area contributed by atoms with E-state index in [1.807, 2.05) is 26.0 Å². The predicted octanol–water partition coefficient (Wildman–Crippen LogP) is 6.38. The Morgan fingerprint density at radius 1 is 1.06 bits per heavy atom. The van der Waals surface area contributed by atoms with E-state index in [-0.39, 0.29) is 29.3 Å². The number of H-pyrrole nitrogens is 1. The highest BCUT2D eigenvalue weighted by molar-refractivity contribution is 5.98. The zero-order valence-corrected chi connectivity index (χ0v) is 27.0. The molecular weight excluding hydrogens is 621 g/mol. The van der Waals surface area contributed by atoms with Crippen molar-refractivity contribution in [3.63, 3.8) is 0 Å². The standard InChI is InChI=1S/C37H39F3N4O4/c1-21(2)37(40)11-7-31-27(19-37)16-25-15-26(17-29(38)33(25)42-31)34(45)43-32(10-14-44-12-8-24(9-13-44)36(47)48)23-5-3-22(4-6-23)28-18-30(39)35(46)41-20-28/h3-6,15-18,20-21,24,32H,7-14,19H2,1-2H3,(H,41,46)(H,43,45)(H,47,48)/t32-,37+/m1/s1. The van der Waals surface area contributed by atoms with E-state index < -0.39 is 40.8 Å². The molecule has 1 aliphatic carbocycles. The van der Waals surface area contributed by atoms with Crippen LogP contribution in [0.5, 0.6) is 0 Å². The van der Waals surface area contributed by atoms with Gasteiger partial charge in [-0.25, -0.2) is 18.2 Å². The Labute approximate surface area is 276 Å². The number of amides is 1. The van der Waals surface area contributed by atoms with Gasteiger partial charge in [-0.15, -0.1) is 0 Å². The topological polar surface area (TPSA) is 115 Å². The molecule has 11 heteroatoms. The van der Waals surface area contributed by atoms with E-state index in [4.69, 9.17) is 0 Å². The van der Waals surface area contributed by atoms with Crippen molar-refractivity contribution in [1.29, 1.82) is 0 Å². The minimum absolute atomic E-state index is 0.112. The van der Waals surface area contributed by atoms with Crippen molar-refractivity contribution in [2.75, 3.05) is 19.6 Å². The van der Waals surface area contributed by atoms with Crippen LogP contribution >= 0.6 is 0 Å². The summed E-state index contributed by atoms with van der Waals surface area (Å²) in [4.78, 5) is 45.7. The van der Waals surface area contributed by atoms with Crippen LogP contribution in [0.2, 0.25) is 0 Å². The van der Waals surface area contributed by atoms with Crippen LogP contribution in [0.1, 0.15) is 72.8 Å². The number of aromatic nitrogens is 2. The van der Waals surface area contributed by atoms with Crippen LogP contribution < -0.4 is 10.9 Å².